The van der Waals surface area contributed by atoms with E-state index in [1.165, 1.54) is 4.88 Å². The van der Waals surface area contributed by atoms with Crippen LogP contribution in [-0.4, -0.2) is 41.3 Å². The summed E-state index contributed by atoms with van der Waals surface area (Å²) in [5.74, 6) is -0.00877. The number of carbonyl (C=O) groups is 2. The van der Waals surface area contributed by atoms with Gasteiger partial charge in [-0.1, -0.05) is 23.7 Å². The summed E-state index contributed by atoms with van der Waals surface area (Å²) >= 11 is 9.30. The summed E-state index contributed by atoms with van der Waals surface area (Å²) in [5, 5.41) is 8.72. The van der Waals surface area contributed by atoms with Gasteiger partial charge in [-0.25, -0.2) is 4.98 Å². The summed E-state index contributed by atoms with van der Waals surface area (Å²) in [6.07, 6.45) is 2.08. The van der Waals surface area contributed by atoms with E-state index in [0.29, 0.717) is 43.1 Å². The van der Waals surface area contributed by atoms with Crippen molar-refractivity contribution in [3.8, 4) is 9.88 Å². The van der Waals surface area contributed by atoms with Crippen LogP contribution in [0.2, 0.25) is 5.02 Å². The molecule has 0 unspecified atom stereocenters. The Kier molecular flexibility index (Phi) is 6.82. The molecule has 3 aromatic rings. The van der Waals surface area contributed by atoms with E-state index >= 15 is 0 Å². The van der Waals surface area contributed by atoms with Crippen molar-refractivity contribution < 1.29 is 9.59 Å². The lowest BCUT2D eigenvalue weighted by Gasteiger charge is -2.31. The highest BCUT2D eigenvalue weighted by atomic mass is 35.5. The van der Waals surface area contributed by atoms with E-state index < -0.39 is 0 Å². The zero-order valence-electron chi connectivity index (χ0n) is 16.3. The van der Waals surface area contributed by atoms with Crippen molar-refractivity contribution in [2.24, 2.45) is 5.92 Å². The number of benzene rings is 1. The van der Waals surface area contributed by atoms with Gasteiger partial charge in [0.25, 0.3) is 5.91 Å². The number of thiophene rings is 1. The SMILES string of the molecule is O=C(NCCc1csc(-c2cccs2)n1)C1CCN(C(=O)c2cccc(Cl)c2)CC1. The zero-order chi connectivity index (χ0) is 20.9. The molecule has 2 amide bonds. The fourth-order valence-electron chi connectivity index (χ4n) is 3.54. The Balaban J connectivity index is 1.21. The molecule has 0 spiro atoms. The van der Waals surface area contributed by atoms with Gasteiger partial charge < -0.3 is 10.2 Å². The van der Waals surface area contributed by atoms with Crippen LogP contribution < -0.4 is 5.32 Å². The summed E-state index contributed by atoms with van der Waals surface area (Å²) in [7, 11) is 0. The Morgan fingerprint density at radius 3 is 2.73 bits per heavy atom. The fraction of sp³-hybridized carbons (Fsp3) is 0.318. The van der Waals surface area contributed by atoms with Gasteiger partial charge >= 0.3 is 0 Å². The van der Waals surface area contributed by atoms with Gasteiger partial charge in [0.15, 0.2) is 0 Å². The number of rotatable bonds is 6. The van der Waals surface area contributed by atoms with E-state index in [-0.39, 0.29) is 17.7 Å². The average molecular weight is 460 g/mol. The topological polar surface area (TPSA) is 62.3 Å². The molecule has 0 atom stereocenters. The Bertz CT molecular complexity index is 1010. The Morgan fingerprint density at radius 1 is 1.17 bits per heavy atom. The highest BCUT2D eigenvalue weighted by Gasteiger charge is 2.27. The second-order valence-corrected chi connectivity index (χ2v) is 9.48. The van der Waals surface area contributed by atoms with Crippen molar-refractivity contribution >= 4 is 46.1 Å². The lowest BCUT2D eigenvalue weighted by molar-refractivity contribution is -0.126. The molecule has 2 aromatic heterocycles. The second-order valence-electron chi connectivity index (χ2n) is 7.24. The molecule has 1 fully saturated rings. The van der Waals surface area contributed by atoms with Crippen molar-refractivity contribution in [1.82, 2.24) is 15.2 Å². The van der Waals surface area contributed by atoms with Crippen LogP contribution in [-0.2, 0) is 11.2 Å². The van der Waals surface area contributed by atoms with Gasteiger partial charge in [-0.2, -0.15) is 0 Å². The van der Waals surface area contributed by atoms with Gasteiger partial charge in [0.1, 0.15) is 5.01 Å². The van der Waals surface area contributed by atoms with Gasteiger partial charge in [0.2, 0.25) is 5.91 Å². The quantitative estimate of drug-likeness (QED) is 0.579. The number of nitrogens with one attached hydrogen (secondary N) is 1. The molecule has 4 rings (SSSR count). The third-order valence-corrected chi connectivity index (χ3v) is 7.35. The number of nitrogens with zero attached hydrogens (tertiary/aromatic N) is 2. The van der Waals surface area contributed by atoms with Crippen molar-refractivity contribution in [3.63, 3.8) is 0 Å². The largest absolute Gasteiger partial charge is 0.355 e. The number of carbonyl (C=O) groups excluding carboxylic acids is 2. The van der Waals surface area contributed by atoms with Gasteiger partial charge in [0, 0.05) is 47.9 Å². The molecule has 0 aliphatic carbocycles. The Hall–Kier alpha value is -2.22. The molecular weight excluding hydrogens is 438 g/mol. The molecular formula is C22H22ClN3O2S2. The highest BCUT2D eigenvalue weighted by Crippen LogP contribution is 2.28. The molecule has 1 N–H and O–H groups in total. The summed E-state index contributed by atoms with van der Waals surface area (Å²) in [4.78, 5) is 32.8. The fourth-order valence-corrected chi connectivity index (χ4v) is 5.40. The summed E-state index contributed by atoms with van der Waals surface area (Å²) < 4.78 is 0. The molecule has 0 bridgehead atoms. The van der Waals surface area contributed by atoms with E-state index in [0.717, 1.165) is 17.1 Å². The first-order valence-corrected chi connectivity index (χ1v) is 12.0. The third kappa shape index (κ3) is 5.09. The molecule has 8 heteroatoms. The lowest BCUT2D eigenvalue weighted by atomic mass is 9.95. The maximum absolute atomic E-state index is 12.6. The van der Waals surface area contributed by atoms with Crippen LogP contribution >= 0.6 is 34.3 Å². The minimum absolute atomic E-state index is 0.0264. The van der Waals surface area contributed by atoms with E-state index in [2.05, 4.69) is 21.7 Å². The van der Waals surface area contributed by atoms with Gasteiger partial charge in [0.05, 0.1) is 10.6 Å². The summed E-state index contributed by atoms with van der Waals surface area (Å²) in [6.45, 7) is 1.74. The minimum atomic E-state index is -0.0504. The number of piperidine rings is 1. The number of thiazole rings is 1. The normalized spacial score (nSPS) is 14.6. The highest BCUT2D eigenvalue weighted by molar-refractivity contribution is 7.20. The molecule has 1 saturated heterocycles. The van der Waals surface area contributed by atoms with Crippen LogP contribution in [0.25, 0.3) is 9.88 Å². The number of halogens is 1. The Labute approximate surface area is 188 Å². The molecule has 156 valence electrons. The van der Waals surface area contributed by atoms with Crippen molar-refractivity contribution in [2.75, 3.05) is 19.6 Å². The van der Waals surface area contributed by atoms with E-state index in [9.17, 15) is 9.59 Å². The molecule has 0 radical (unpaired) electrons. The van der Waals surface area contributed by atoms with Gasteiger partial charge in [-0.15, -0.1) is 22.7 Å². The second kappa shape index (κ2) is 9.73. The van der Waals surface area contributed by atoms with Crippen LogP contribution in [0.15, 0.2) is 47.2 Å². The number of aromatic nitrogens is 1. The first kappa shape index (κ1) is 21.0. The minimum Gasteiger partial charge on any atom is -0.355 e. The van der Waals surface area contributed by atoms with Crippen LogP contribution in [0.4, 0.5) is 0 Å². The standard InChI is InChI=1S/C22H22ClN3O2S2/c23-17-4-1-3-16(13-17)22(28)26-10-7-15(8-11-26)20(27)24-9-6-18-14-30-21(25-18)19-5-2-12-29-19/h1-5,12-15H,6-11H2,(H,24,27). The lowest BCUT2D eigenvalue weighted by Crippen LogP contribution is -2.43. The maximum atomic E-state index is 12.6. The number of hydrogen-bond donors (Lipinski definition) is 1. The predicted molar refractivity (Wildman–Crippen MR) is 122 cm³/mol. The summed E-state index contributed by atoms with van der Waals surface area (Å²) in [5.41, 5.74) is 1.60. The van der Waals surface area contributed by atoms with Crippen molar-refractivity contribution in [2.45, 2.75) is 19.3 Å². The molecule has 0 saturated carbocycles. The van der Waals surface area contributed by atoms with E-state index in [1.807, 2.05) is 11.4 Å². The molecule has 1 aliphatic rings. The van der Waals surface area contributed by atoms with E-state index in [1.54, 1.807) is 51.8 Å². The van der Waals surface area contributed by atoms with Crippen molar-refractivity contribution in [3.05, 3.63) is 63.4 Å². The molecule has 1 aliphatic heterocycles. The van der Waals surface area contributed by atoms with Gasteiger partial charge in [-0.05, 0) is 42.5 Å². The maximum Gasteiger partial charge on any atom is 0.253 e. The van der Waals surface area contributed by atoms with Crippen LogP contribution in [0.3, 0.4) is 0 Å². The molecule has 5 nitrogen and oxygen atoms in total. The summed E-state index contributed by atoms with van der Waals surface area (Å²) in [6, 6.07) is 11.1. The first-order chi connectivity index (χ1) is 14.6. The molecule has 3 heterocycles. The van der Waals surface area contributed by atoms with Crippen molar-refractivity contribution in [1.29, 1.82) is 0 Å². The van der Waals surface area contributed by atoms with Gasteiger partial charge in [-0.3, -0.25) is 9.59 Å². The molecule has 1 aromatic carbocycles. The zero-order valence-corrected chi connectivity index (χ0v) is 18.7. The van der Waals surface area contributed by atoms with Crippen LogP contribution in [0.1, 0.15) is 28.9 Å². The number of likely N-dealkylation sites (tertiary alicyclic amines) is 1. The average Bonchev–Trinajstić information content (AvgIpc) is 3.45. The monoisotopic (exact) mass is 459 g/mol. The Morgan fingerprint density at radius 2 is 2.00 bits per heavy atom. The van der Waals surface area contributed by atoms with Crippen LogP contribution in [0, 0.1) is 5.92 Å². The number of hydrogen-bond acceptors (Lipinski definition) is 5. The third-order valence-electron chi connectivity index (χ3n) is 5.19. The predicted octanol–water partition coefficient (Wildman–Crippen LogP) is 4.74. The smallest absolute Gasteiger partial charge is 0.253 e. The first-order valence-electron chi connectivity index (χ1n) is 9.91. The van der Waals surface area contributed by atoms with E-state index in [4.69, 9.17) is 11.6 Å². The molecule has 30 heavy (non-hydrogen) atoms. The van der Waals surface area contributed by atoms with Crippen LogP contribution in [0.5, 0.6) is 0 Å². The number of amides is 2.